The van der Waals surface area contributed by atoms with Crippen LogP contribution in [0.15, 0.2) is 36.7 Å². The van der Waals surface area contributed by atoms with Crippen LogP contribution in [0.25, 0.3) is 11.3 Å². The van der Waals surface area contributed by atoms with E-state index in [-0.39, 0.29) is 11.8 Å². The van der Waals surface area contributed by atoms with Gasteiger partial charge in [-0.1, -0.05) is 12.1 Å². The molecule has 0 N–H and O–H groups in total. The summed E-state index contributed by atoms with van der Waals surface area (Å²) in [4.78, 5) is 25.6. The average Bonchev–Trinajstić information content (AvgIpc) is 2.79. The standard InChI is InChI=1S/C22H25F3N4O2/c23-22(24,25)18-5-1-3-16(13-18)20-21(27-7-6-26-20)17-4-2-8-29(14-17)19(30)15-28-9-11-31-12-10-28/h1,3,5-7,13,17H,2,4,8-12,14-15H2. The van der Waals surface area contributed by atoms with Gasteiger partial charge < -0.3 is 9.64 Å². The summed E-state index contributed by atoms with van der Waals surface area (Å²) in [6, 6.07) is 5.16. The topological polar surface area (TPSA) is 58.6 Å². The highest BCUT2D eigenvalue weighted by atomic mass is 19.4. The summed E-state index contributed by atoms with van der Waals surface area (Å²) < 4.78 is 44.9. The molecule has 2 aromatic rings. The lowest BCUT2D eigenvalue weighted by molar-refractivity contribution is -0.137. The predicted octanol–water partition coefficient (Wildman–Crippen LogP) is 3.20. The van der Waals surface area contributed by atoms with Gasteiger partial charge in [-0.2, -0.15) is 13.2 Å². The van der Waals surface area contributed by atoms with Crippen molar-refractivity contribution in [2.75, 3.05) is 45.9 Å². The Morgan fingerprint density at radius 1 is 1.13 bits per heavy atom. The summed E-state index contributed by atoms with van der Waals surface area (Å²) in [5, 5.41) is 0. The molecule has 1 unspecified atom stereocenters. The number of morpholine rings is 1. The minimum absolute atomic E-state index is 0.0658. The van der Waals surface area contributed by atoms with Gasteiger partial charge in [0.15, 0.2) is 0 Å². The second-order valence-electron chi connectivity index (χ2n) is 7.94. The molecule has 2 saturated heterocycles. The molecule has 1 amide bonds. The molecule has 0 radical (unpaired) electrons. The fourth-order valence-electron chi connectivity index (χ4n) is 4.19. The molecule has 1 aromatic heterocycles. The van der Waals surface area contributed by atoms with Crippen LogP contribution < -0.4 is 0 Å². The lowest BCUT2D eigenvalue weighted by atomic mass is 9.91. The molecule has 0 bridgehead atoms. The van der Waals surface area contributed by atoms with E-state index in [0.29, 0.717) is 49.8 Å². The highest BCUT2D eigenvalue weighted by molar-refractivity contribution is 5.78. The van der Waals surface area contributed by atoms with Crippen molar-refractivity contribution in [3.05, 3.63) is 47.9 Å². The van der Waals surface area contributed by atoms with Gasteiger partial charge in [0.25, 0.3) is 0 Å². The highest BCUT2D eigenvalue weighted by Crippen LogP contribution is 2.35. The molecule has 4 rings (SSSR count). The van der Waals surface area contributed by atoms with E-state index in [1.54, 1.807) is 12.3 Å². The molecule has 9 heteroatoms. The maximum atomic E-state index is 13.2. The number of benzene rings is 1. The van der Waals surface area contributed by atoms with Crippen molar-refractivity contribution in [1.29, 1.82) is 0 Å². The van der Waals surface area contributed by atoms with E-state index in [0.717, 1.165) is 38.1 Å². The lowest BCUT2D eigenvalue weighted by Gasteiger charge is -2.35. The first-order chi connectivity index (χ1) is 14.9. The number of carbonyl (C=O) groups excluding carboxylic acids is 1. The number of carbonyl (C=O) groups is 1. The molecule has 0 saturated carbocycles. The summed E-state index contributed by atoms with van der Waals surface area (Å²) in [6.45, 7) is 4.29. The Balaban J connectivity index is 1.53. The first-order valence-corrected chi connectivity index (χ1v) is 10.5. The minimum atomic E-state index is -4.42. The van der Waals surface area contributed by atoms with Crippen LogP contribution >= 0.6 is 0 Å². The van der Waals surface area contributed by atoms with E-state index < -0.39 is 11.7 Å². The van der Waals surface area contributed by atoms with Crippen LogP contribution in [0.2, 0.25) is 0 Å². The van der Waals surface area contributed by atoms with Crippen LogP contribution in [0, 0.1) is 0 Å². The molecule has 2 aliphatic rings. The lowest BCUT2D eigenvalue weighted by Crippen LogP contribution is -2.47. The number of nitrogens with zero attached hydrogens (tertiary/aromatic N) is 4. The van der Waals surface area contributed by atoms with Crippen molar-refractivity contribution in [2.24, 2.45) is 0 Å². The second-order valence-corrected chi connectivity index (χ2v) is 7.94. The normalized spacial score (nSPS) is 20.6. The number of ether oxygens (including phenoxy) is 1. The number of piperidine rings is 1. The Kier molecular flexibility index (Phi) is 6.52. The number of rotatable bonds is 4. The van der Waals surface area contributed by atoms with Crippen molar-refractivity contribution in [3.63, 3.8) is 0 Å². The van der Waals surface area contributed by atoms with E-state index >= 15 is 0 Å². The monoisotopic (exact) mass is 434 g/mol. The van der Waals surface area contributed by atoms with Gasteiger partial charge in [0.05, 0.1) is 36.7 Å². The minimum Gasteiger partial charge on any atom is -0.379 e. The zero-order valence-corrected chi connectivity index (χ0v) is 17.1. The molecule has 1 aromatic carbocycles. The average molecular weight is 434 g/mol. The highest BCUT2D eigenvalue weighted by Gasteiger charge is 2.32. The Bertz CT molecular complexity index is 916. The van der Waals surface area contributed by atoms with Crippen molar-refractivity contribution >= 4 is 5.91 Å². The number of halogens is 3. The van der Waals surface area contributed by atoms with Gasteiger partial charge >= 0.3 is 6.18 Å². The molecule has 2 fully saturated rings. The molecule has 2 aliphatic heterocycles. The van der Waals surface area contributed by atoms with Gasteiger partial charge in [0.2, 0.25) is 5.91 Å². The SMILES string of the molecule is O=C(CN1CCOCC1)N1CCCC(c2nccnc2-c2cccc(C(F)(F)F)c2)C1. The summed E-state index contributed by atoms with van der Waals surface area (Å²) in [5.41, 5.74) is 0.758. The van der Waals surface area contributed by atoms with Crippen LogP contribution in [-0.4, -0.2) is 71.6 Å². The van der Waals surface area contributed by atoms with E-state index in [4.69, 9.17) is 4.74 Å². The molecule has 0 aliphatic carbocycles. The van der Waals surface area contributed by atoms with Crippen molar-refractivity contribution in [3.8, 4) is 11.3 Å². The molecule has 6 nitrogen and oxygen atoms in total. The van der Waals surface area contributed by atoms with Crippen molar-refractivity contribution < 1.29 is 22.7 Å². The number of alkyl halides is 3. The van der Waals surface area contributed by atoms with Crippen LogP contribution in [0.5, 0.6) is 0 Å². The molecule has 1 atom stereocenters. The Morgan fingerprint density at radius 2 is 1.90 bits per heavy atom. The summed E-state index contributed by atoms with van der Waals surface area (Å²) in [6.07, 6.45) is 0.250. The van der Waals surface area contributed by atoms with Crippen molar-refractivity contribution in [1.82, 2.24) is 19.8 Å². The molecular weight excluding hydrogens is 409 g/mol. The van der Waals surface area contributed by atoms with Crippen LogP contribution in [0.3, 0.4) is 0 Å². The smallest absolute Gasteiger partial charge is 0.379 e. The molecule has 166 valence electrons. The number of hydrogen-bond acceptors (Lipinski definition) is 5. The van der Waals surface area contributed by atoms with E-state index in [1.165, 1.54) is 12.3 Å². The van der Waals surface area contributed by atoms with E-state index in [2.05, 4.69) is 14.9 Å². The molecular formula is C22H25F3N4O2. The summed E-state index contributed by atoms with van der Waals surface area (Å²) >= 11 is 0. The van der Waals surface area contributed by atoms with Crippen LogP contribution in [0.1, 0.15) is 30.0 Å². The maximum absolute atomic E-state index is 13.2. The molecule has 0 spiro atoms. The first-order valence-electron chi connectivity index (χ1n) is 10.5. The fourth-order valence-corrected chi connectivity index (χ4v) is 4.19. The van der Waals surface area contributed by atoms with Crippen LogP contribution in [0.4, 0.5) is 13.2 Å². The number of hydrogen-bond donors (Lipinski definition) is 0. The zero-order valence-electron chi connectivity index (χ0n) is 17.1. The second kappa shape index (κ2) is 9.32. The molecule has 3 heterocycles. The van der Waals surface area contributed by atoms with Crippen molar-refractivity contribution in [2.45, 2.75) is 24.9 Å². The third-order valence-corrected chi connectivity index (χ3v) is 5.81. The largest absolute Gasteiger partial charge is 0.416 e. The summed E-state index contributed by atoms with van der Waals surface area (Å²) in [7, 11) is 0. The number of aromatic nitrogens is 2. The van der Waals surface area contributed by atoms with E-state index in [9.17, 15) is 18.0 Å². The third-order valence-electron chi connectivity index (χ3n) is 5.81. The van der Waals surface area contributed by atoms with Gasteiger partial charge in [-0.3, -0.25) is 19.7 Å². The zero-order chi connectivity index (χ0) is 21.8. The van der Waals surface area contributed by atoms with Gasteiger partial charge in [-0.25, -0.2) is 0 Å². The number of likely N-dealkylation sites (tertiary alicyclic amines) is 1. The van der Waals surface area contributed by atoms with Gasteiger partial charge in [0, 0.05) is 50.1 Å². The first kappa shape index (κ1) is 21.7. The van der Waals surface area contributed by atoms with Gasteiger partial charge in [-0.05, 0) is 25.0 Å². The quantitative estimate of drug-likeness (QED) is 0.740. The van der Waals surface area contributed by atoms with E-state index in [1.807, 2.05) is 4.90 Å². The summed E-state index contributed by atoms with van der Waals surface area (Å²) in [5.74, 6) is -0.00302. The Hall–Kier alpha value is -2.52. The Morgan fingerprint density at radius 3 is 2.68 bits per heavy atom. The molecule has 31 heavy (non-hydrogen) atoms. The van der Waals surface area contributed by atoms with Crippen LogP contribution in [-0.2, 0) is 15.7 Å². The predicted molar refractivity (Wildman–Crippen MR) is 108 cm³/mol. The Labute approximate surface area is 179 Å². The van der Waals surface area contributed by atoms with Gasteiger partial charge in [-0.15, -0.1) is 0 Å². The maximum Gasteiger partial charge on any atom is 0.416 e. The van der Waals surface area contributed by atoms with Gasteiger partial charge in [0.1, 0.15) is 0 Å². The fraction of sp³-hybridized carbons (Fsp3) is 0.500. The third kappa shape index (κ3) is 5.22. The number of amides is 1.